The van der Waals surface area contributed by atoms with E-state index in [4.69, 9.17) is 4.99 Å². The molecule has 0 saturated heterocycles. The first-order chi connectivity index (χ1) is 24.0. The third-order valence-electron chi connectivity index (χ3n) is 8.03. The zero-order valence-electron chi connectivity index (χ0n) is 27.6. The summed E-state index contributed by atoms with van der Waals surface area (Å²) < 4.78 is 57.6. The van der Waals surface area contributed by atoms with E-state index < -0.39 is 20.0 Å². The van der Waals surface area contributed by atoms with Crippen LogP contribution in [0.4, 0.5) is 17.1 Å². The molecule has 10 nitrogen and oxygen atoms in total. The van der Waals surface area contributed by atoms with Gasteiger partial charge >= 0.3 is 0 Å². The number of nitrogens with one attached hydrogen (secondary N) is 2. The van der Waals surface area contributed by atoms with Crippen LogP contribution in [0.5, 0.6) is 5.88 Å². The maximum Gasteiger partial charge on any atom is 0.261 e. The molecule has 256 valence electrons. The number of nitrogens with zero attached hydrogens (tertiary/aromatic N) is 3. The minimum absolute atomic E-state index is 0.125. The van der Waals surface area contributed by atoms with E-state index >= 15 is 0 Å². The zero-order valence-corrected chi connectivity index (χ0v) is 29.2. The van der Waals surface area contributed by atoms with Gasteiger partial charge in [0.15, 0.2) is 5.88 Å². The number of aliphatic imine (C=N–C) groups is 1. The minimum atomic E-state index is -3.86. The van der Waals surface area contributed by atoms with Crippen LogP contribution in [0.2, 0.25) is 0 Å². The Morgan fingerprint density at radius 3 is 2.02 bits per heavy atom. The third kappa shape index (κ3) is 7.89. The summed E-state index contributed by atoms with van der Waals surface area (Å²) in [6, 6.07) is 38.4. The van der Waals surface area contributed by atoms with Gasteiger partial charge < -0.3 is 15.0 Å². The SMILES string of the molecule is CN(C)CCN(c1ccc(N=C(c2ccccc2)c2c(O)[nH]c3ccc(NS(=O)(=O)c4ccccc4)cc23)cc1)S(=O)(=O)Cc1ccccc1. The third-order valence-corrected chi connectivity index (χ3v) is 11.2. The van der Waals surface area contributed by atoms with Gasteiger partial charge in [0.1, 0.15) is 0 Å². The molecule has 1 heterocycles. The molecule has 0 atom stereocenters. The van der Waals surface area contributed by atoms with E-state index in [1.165, 1.54) is 16.4 Å². The number of fused-ring (bicyclic) bond motifs is 1. The Kier molecular flexibility index (Phi) is 10.0. The summed E-state index contributed by atoms with van der Waals surface area (Å²) in [4.78, 5) is 10.0. The molecule has 5 aromatic carbocycles. The summed E-state index contributed by atoms with van der Waals surface area (Å²) >= 11 is 0. The van der Waals surface area contributed by atoms with Crippen molar-refractivity contribution in [2.24, 2.45) is 4.99 Å². The van der Waals surface area contributed by atoms with Crippen molar-refractivity contribution in [1.82, 2.24) is 9.88 Å². The van der Waals surface area contributed by atoms with Crippen molar-refractivity contribution in [1.29, 1.82) is 0 Å². The lowest BCUT2D eigenvalue weighted by atomic mass is 10.0. The molecule has 0 bridgehead atoms. The number of likely N-dealkylation sites (N-methyl/N-ethyl adjacent to an activating group) is 1. The summed E-state index contributed by atoms with van der Waals surface area (Å²) in [5.41, 5.74) is 4.16. The molecule has 0 amide bonds. The topological polar surface area (TPSA) is 135 Å². The fourth-order valence-electron chi connectivity index (χ4n) is 5.56. The molecule has 0 fully saturated rings. The van der Waals surface area contributed by atoms with Crippen LogP contribution in [0.15, 0.2) is 143 Å². The van der Waals surface area contributed by atoms with Crippen LogP contribution in [0.1, 0.15) is 16.7 Å². The van der Waals surface area contributed by atoms with Gasteiger partial charge in [-0.2, -0.15) is 0 Å². The van der Waals surface area contributed by atoms with Crippen molar-refractivity contribution in [3.8, 4) is 5.88 Å². The highest BCUT2D eigenvalue weighted by molar-refractivity contribution is 7.92. The molecule has 12 heteroatoms. The van der Waals surface area contributed by atoms with Gasteiger partial charge in [-0.05, 0) is 74.3 Å². The van der Waals surface area contributed by atoms with E-state index in [9.17, 15) is 21.9 Å². The van der Waals surface area contributed by atoms with E-state index in [0.29, 0.717) is 56.9 Å². The normalized spacial score (nSPS) is 12.3. The average Bonchev–Trinajstić information content (AvgIpc) is 3.43. The number of aromatic nitrogens is 1. The van der Waals surface area contributed by atoms with E-state index in [1.54, 1.807) is 72.8 Å². The summed E-state index contributed by atoms with van der Waals surface area (Å²) in [5, 5.41) is 11.8. The fourth-order valence-corrected chi connectivity index (χ4v) is 8.20. The maximum atomic E-state index is 13.7. The Balaban J connectivity index is 1.39. The lowest BCUT2D eigenvalue weighted by Crippen LogP contribution is -2.37. The number of H-pyrrole nitrogens is 1. The smallest absolute Gasteiger partial charge is 0.261 e. The Morgan fingerprint density at radius 1 is 0.760 bits per heavy atom. The van der Waals surface area contributed by atoms with Crippen LogP contribution in [-0.2, 0) is 25.8 Å². The van der Waals surface area contributed by atoms with Gasteiger partial charge in [-0.1, -0.05) is 78.9 Å². The molecule has 0 radical (unpaired) electrons. The molecular weight excluding hydrogens is 671 g/mol. The molecule has 3 N–H and O–H groups in total. The molecule has 0 saturated carbocycles. The summed E-state index contributed by atoms with van der Waals surface area (Å²) in [5.74, 6) is -0.271. The molecule has 0 aliphatic heterocycles. The van der Waals surface area contributed by atoms with Gasteiger partial charge in [0, 0.05) is 35.2 Å². The summed E-state index contributed by atoms with van der Waals surface area (Å²) in [7, 11) is -3.79. The molecule has 0 aliphatic rings. The van der Waals surface area contributed by atoms with Crippen LogP contribution in [0.3, 0.4) is 0 Å². The Hall–Kier alpha value is -5.43. The summed E-state index contributed by atoms with van der Waals surface area (Å²) in [6.45, 7) is 0.787. The first-order valence-corrected chi connectivity index (χ1v) is 19.0. The fraction of sp³-hybridized carbons (Fsp3) is 0.132. The monoisotopic (exact) mass is 707 g/mol. The molecule has 0 aliphatic carbocycles. The highest BCUT2D eigenvalue weighted by Gasteiger charge is 2.24. The number of anilines is 2. The van der Waals surface area contributed by atoms with Crippen molar-refractivity contribution in [2.45, 2.75) is 10.6 Å². The van der Waals surface area contributed by atoms with Crippen molar-refractivity contribution in [3.05, 3.63) is 150 Å². The quantitative estimate of drug-likeness (QED) is 0.114. The molecular formula is C38H37N5O5S2. The van der Waals surface area contributed by atoms with Crippen molar-refractivity contribution in [3.63, 3.8) is 0 Å². The average molecular weight is 708 g/mol. The van der Waals surface area contributed by atoms with E-state index in [1.807, 2.05) is 67.5 Å². The number of aromatic amines is 1. The second kappa shape index (κ2) is 14.6. The summed E-state index contributed by atoms with van der Waals surface area (Å²) in [6.07, 6.45) is 0. The van der Waals surface area contributed by atoms with Gasteiger partial charge in [0.25, 0.3) is 10.0 Å². The number of hydrogen-bond donors (Lipinski definition) is 3. The first-order valence-electron chi connectivity index (χ1n) is 15.9. The second-order valence-corrected chi connectivity index (χ2v) is 15.6. The van der Waals surface area contributed by atoms with E-state index in [0.717, 1.165) is 0 Å². The Morgan fingerprint density at radius 2 is 1.38 bits per heavy atom. The molecule has 1 aromatic heterocycles. The van der Waals surface area contributed by atoms with Crippen LogP contribution >= 0.6 is 0 Å². The molecule has 0 unspecified atom stereocenters. The number of rotatable bonds is 13. The second-order valence-electron chi connectivity index (χ2n) is 12.0. The van der Waals surface area contributed by atoms with Crippen molar-refractivity contribution < 1.29 is 21.9 Å². The molecule has 50 heavy (non-hydrogen) atoms. The van der Waals surface area contributed by atoms with Crippen LogP contribution in [0.25, 0.3) is 10.9 Å². The number of hydrogen-bond acceptors (Lipinski definition) is 7. The molecule has 6 aromatic rings. The number of benzene rings is 5. The predicted molar refractivity (Wildman–Crippen MR) is 200 cm³/mol. The van der Waals surface area contributed by atoms with Gasteiger partial charge in [0.05, 0.1) is 33.3 Å². The lowest BCUT2D eigenvalue weighted by Gasteiger charge is -2.26. The van der Waals surface area contributed by atoms with Crippen LogP contribution < -0.4 is 9.03 Å². The van der Waals surface area contributed by atoms with Crippen molar-refractivity contribution >= 4 is 53.7 Å². The molecule has 0 spiro atoms. The van der Waals surface area contributed by atoms with Crippen LogP contribution in [-0.4, -0.2) is 64.7 Å². The zero-order chi connectivity index (χ0) is 35.3. The largest absolute Gasteiger partial charge is 0.494 e. The van der Waals surface area contributed by atoms with Gasteiger partial charge in [-0.3, -0.25) is 9.03 Å². The number of sulfonamides is 2. The highest BCUT2D eigenvalue weighted by Crippen LogP contribution is 2.34. The van der Waals surface area contributed by atoms with E-state index in [2.05, 4.69) is 9.71 Å². The van der Waals surface area contributed by atoms with Gasteiger partial charge in [-0.15, -0.1) is 0 Å². The Bertz CT molecular complexity index is 2330. The molecule has 6 rings (SSSR count). The standard InChI is InChI=1S/C38H37N5O5S2/c1-42(2)24-25-43(49(45,46)27-28-12-6-3-7-13-28)32-21-18-30(19-22-32)39-37(29-14-8-4-9-15-29)36-34-26-31(20-23-35(34)40-38(36)44)41-50(47,48)33-16-10-5-11-17-33/h3-23,26,40-41,44H,24-25,27H2,1-2H3. The number of aromatic hydroxyl groups is 1. The predicted octanol–water partition coefficient (Wildman–Crippen LogP) is 6.74. The van der Waals surface area contributed by atoms with Gasteiger partial charge in [0.2, 0.25) is 10.0 Å². The minimum Gasteiger partial charge on any atom is -0.494 e. The lowest BCUT2D eigenvalue weighted by molar-refractivity contribution is 0.419. The maximum absolute atomic E-state index is 13.7. The highest BCUT2D eigenvalue weighted by atomic mass is 32.2. The Labute approximate surface area is 292 Å². The van der Waals surface area contributed by atoms with Crippen LogP contribution in [0, 0.1) is 0 Å². The van der Waals surface area contributed by atoms with Gasteiger partial charge in [-0.25, -0.2) is 21.8 Å². The first kappa shape index (κ1) is 34.4. The van der Waals surface area contributed by atoms with Crippen molar-refractivity contribution in [2.75, 3.05) is 36.2 Å². The van der Waals surface area contributed by atoms with E-state index in [-0.39, 0.29) is 23.1 Å².